The molecule has 0 bridgehead atoms. The summed E-state index contributed by atoms with van der Waals surface area (Å²) < 4.78 is 16.8. The molecule has 0 amide bonds. The number of allylic oxidation sites excluding steroid dienone is 16. The van der Waals surface area contributed by atoms with E-state index in [0.717, 1.165) is 128 Å². The minimum absolute atomic E-state index is 0.0850. The highest BCUT2D eigenvalue weighted by molar-refractivity contribution is 5.71. The van der Waals surface area contributed by atoms with Gasteiger partial charge < -0.3 is 14.2 Å². The average Bonchev–Trinajstić information content (AvgIpc) is 3.34. The van der Waals surface area contributed by atoms with Crippen molar-refractivity contribution in [3.05, 3.63) is 97.2 Å². The smallest absolute Gasteiger partial charge is 0.306 e. The summed E-state index contributed by atoms with van der Waals surface area (Å²) in [5.74, 6) is -0.906. The lowest BCUT2D eigenvalue weighted by atomic mass is 10.1. The van der Waals surface area contributed by atoms with Gasteiger partial charge in [0.1, 0.15) is 13.2 Å². The molecule has 0 spiro atoms. The van der Waals surface area contributed by atoms with Crippen LogP contribution in [-0.2, 0) is 28.6 Å². The highest BCUT2D eigenvalue weighted by atomic mass is 16.6. The predicted molar refractivity (Wildman–Crippen MR) is 293 cm³/mol. The number of hydrogen-bond donors (Lipinski definition) is 0. The van der Waals surface area contributed by atoms with Gasteiger partial charge in [0.15, 0.2) is 6.10 Å². The van der Waals surface area contributed by atoms with Gasteiger partial charge in [-0.1, -0.05) is 240 Å². The van der Waals surface area contributed by atoms with Crippen LogP contribution in [0.3, 0.4) is 0 Å². The molecule has 0 heterocycles. The van der Waals surface area contributed by atoms with Gasteiger partial charge in [-0.2, -0.15) is 0 Å². The van der Waals surface area contributed by atoms with E-state index in [2.05, 4.69) is 118 Å². The monoisotopic (exact) mass is 945 g/mol. The lowest BCUT2D eigenvalue weighted by Crippen LogP contribution is -2.30. The maximum Gasteiger partial charge on any atom is 0.306 e. The van der Waals surface area contributed by atoms with E-state index in [1.165, 1.54) is 89.9 Å². The van der Waals surface area contributed by atoms with Crippen LogP contribution in [0.15, 0.2) is 97.2 Å². The normalized spacial score (nSPS) is 12.8. The van der Waals surface area contributed by atoms with Crippen LogP contribution in [0.5, 0.6) is 0 Å². The molecule has 0 aromatic rings. The van der Waals surface area contributed by atoms with Crippen LogP contribution in [0.25, 0.3) is 0 Å². The van der Waals surface area contributed by atoms with E-state index in [9.17, 15) is 14.4 Å². The topological polar surface area (TPSA) is 78.9 Å². The van der Waals surface area contributed by atoms with Crippen LogP contribution < -0.4 is 0 Å². The minimum Gasteiger partial charge on any atom is -0.462 e. The van der Waals surface area contributed by atoms with Crippen molar-refractivity contribution in [1.82, 2.24) is 0 Å². The van der Waals surface area contributed by atoms with Crippen LogP contribution >= 0.6 is 0 Å². The van der Waals surface area contributed by atoms with E-state index in [-0.39, 0.29) is 31.1 Å². The molecule has 0 saturated carbocycles. The SMILES string of the molecule is CC/C=C\C/C=C\C/C=C\C/C=C\CCCCCCCCCCC(=O)OCC(COC(=O)CCCCCCCCCCCC)OC(=O)CCCCCCCC/C=C\C/C=C\C/C=C\C/C=C\CC. The number of hydrogen-bond acceptors (Lipinski definition) is 6. The molecule has 0 aliphatic heterocycles. The fourth-order valence-corrected chi connectivity index (χ4v) is 7.66. The minimum atomic E-state index is -0.788. The quantitative estimate of drug-likeness (QED) is 0.0262. The first-order valence-electron chi connectivity index (χ1n) is 28.2. The molecule has 0 rings (SSSR count). The number of carbonyl (C=O) groups excluding carboxylic acids is 3. The highest BCUT2D eigenvalue weighted by Gasteiger charge is 2.19. The lowest BCUT2D eigenvalue weighted by molar-refractivity contribution is -0.167. The van der Waals surface area contributed by atoms with Crippen molar-refractivity contribution in [1.29, 1.82) is 0 Å². The van der Waals surface area contributed by atoms with E-state index in [0.29, 0.717) is 19.3 Å². The molecule has 0 aromatic heterocycles. The average molecular weight is 946 g/mol. The van der Waals surface area contributed by atoms with Gasteiger partial charge in [0.25, 0.3) is 0 Å². The molecule has 1 unspecified atom stereocenters. The molecule has 0 N–H and O–H groups in total. The third kappa shape index (κ3) is 53.3. The third-order valence-electron chi connectivity index (χ3n) is 11.8. The van der Waals surface area contributed by atoms with Gasteiger partial charge in [-0.25, -0.2) is 0 Å². The van der Waals surface area contributed by atoms with Crippen LogP contribution in [0.4, 0.5) is 0 Å². The molecule has 6 nitrogen and oxygen atoms in total. The molecule has 0 aliphatic rings. The molecule has 0 radical (unpaired) electrons. The molecule has 0 aromatic carbocycles. The van der Waals surface area contributed by atoms with E-state index < -0.39 is 6.10 Å². The van der Waals surface area contributed by atoms with Crippen molar-refractivity contribution in [3.63, 3.8) is 0 Å². The Kier molecular flexibility index (Phi) is 52.9. The number of rotatable bonds is 50. The summed E-state index contributed by atoms with van der Waals surface area (Å²) in [7, 11) is 0. The number of ether oxygens (including phenoxy) is 3. The van der Waals surface area contributed by atoms with Gasteiger partial charge >= 0.3 is 17.9 Å². The number of esters is 3. The van der Waals surface area contributed by atoms with Crippen molar-refractivity contribution < 1.29 is 28.6 Å². The molecule has 388 valence electrons. The van der Waals surface area contributed by atoms with Gasteiger partial charge in [-0.15, -0.1) is 0 Å². The first kappa shape index (κ1) is 64.3. The molecule has 6 heteroatoms. The van der Waals surface area contributed by atoms with E-state index in [1.807, 2.05) is 0 Å². The second-order valence-electron chi connectivity index (χ2n) is 18.4. The molecule has 1 atom stereocenters. The third-order valence-corrected chi connectivity index (χ3v) is 11.8. The molecular formula is C62H104O6. The Morgan fingerprint density at radius 2 is 0.574 bits per heavy atom. The lowest BCUT2D eigenvalue weighted by Gasteiger charge is -2.18. The van der Waals surface area contributed by atoms with Crippen molar-refractivity contribution in [2.24, 2.45) is 0 Å². The van der Waals surface area contributed by atoms with Crippen molar-refractivity contribution in [3.8, 4) is 0 Å². The first-order valence-corrected chi connectivity index (χ1v) is 28.2. The predicted octanol–water partition coefficient (Wildman–Crippen LogP) is 18.9. The highest BCUT2D eigenvalue weighted by Crippen LogP contribution is 2.15. The maximum absolute atomic E-state index is 12.8. The zero-order chi connectivity index (χ0) is 49.3. The molecule has 68 heavy (non-hydrogen) atoms. The van der Waals surface area contributed by atoms with Gasteiger partial charge in [-0.3, -0.25) is 14.4 Å². The van der Waals surface area contributed by atoms with Crippen molar-refractivity contribution in [2.75, 3.05) is 13.2 Å². The largest absolute Gasteiger partial charge is 0.462 e. The molecular weight excluding hydrogens is 841 g/mol. The summed E-state index contributed by atoms with van der Waals surface area (Å²) in [6, 6.07) is 0. The fraction of sp³-hybridized carbons (Fsp3) is 0.694. The molecule has 0 saturated heterocycles. The van der Waals surface area contributed by atoms with E-state index in [1.54, 1.807) is 0 Å². The van der Waals surface area contributed by atoms with Crippen LogP contribution in [0.2, 0.25) is 0 Å². The Labute approximate surface area is 419 Å². The Morgan fingerprint density at radius 3 is 0.897 bits per heavy atom. The van der Waals surface area contributed by atoms with Gasteiger partial charge in [-0.05, 0) is 96.3 Å². The van der Waals surface area contributed by atoms with Gasteiger partial charge in [0.05, 0.1) is 0 Å². The summed E-state index contributed by atoms with van der Waals surface area (Å²) in [4.78, 5) is 38.1. The zero-order valence-electron chi connectivity index (χ0n) is 44.3. The summed E-state index contributed by atoms with van der Waals surface area (Å²) in [5, 5.41) is 0. The fourth-order valence-electron chi connectivity index (χ4n) is 7.66. The number of carbonyl (C=O) groups is 3. The second kappa shape index (κ2) is 55.9. The Morgan fingerprint density at radius 1 is 0.309 bits per heavy atom. The van der Waals surface area contributed by atoms with Crippen molar-refractivity contribution >= 4 is 17.9 Å². The van der Waals surface area contributed by atoms with Crippen molar-refractivity contribution in [2.45, 2.75) is 264 Å². The Hall–Kier alpha value is -3.67. The maximum atomic E-state index is 12.8. The van der Waals surface area contributed by atoms with E-state index >= 15 is 0 Å². The molecule has 0 aliphatic carbocycles. The molecule has 0 fully saturated rings. The zero-order valence-corrected chi connectivity index (χ0v) is 44.3. The summed E-state index contributed by atoms with van der Waals surface area (Å²) in [6.45, 7) is 6.39. The van der Waals surface area contributed by atoms with Gasteiger partial charge in [0.2, 0.25) is 0 Å². The summed E-state index contributed by atoms with van der Waals surface area (Å²) in [6.07, 6.45) is 73.9. The van der Waals surface area contributed by atoms with E-state index in [4.69, 9.17) is 14.2 Å². The summed E-state index contributed by atoms with van der Waals surface area (Å²) in [5.41, 5.74) is 0. The van der Waals surface area contributed by atoms with Gasteiger partial charge in [0, 0.05) is 19.3 Å². The van der Waals surface area contributed by atoms with Crippen LogP contribution in [0, 0.1) is 0 Å². The standard InChI is InChI=1S/C62H104O6/c1-4-7-10-13-16-19-22-24-26-28-30-31-33-34-36-38-40-43-46-49-52-55-61(64)67-58-59(57-66-60(63)54-51-48-45-42-21-18-15-12-9-6-3)68-62(65)56-53-50-47-44-41-39-37-35-32-29-27-25-23-20-17-14-11-8-5-2/h7-8,10-11,16-17,19-20,24-27,30-32,35,59H,4-6,9,12-15,18,21-23,28-29,33-34,36-58H2,1-3H3/b10-7-,11-8-,19-16-,20-17-,26-24-,27-25-,31-30-,35-32-. The second-order valence-corrected chi connectivity index (χ2v) is 18.4. The van der Waals surface area contributed by atoms with Crippen LogP contribution in [-0.4, -0.2) is 37.2 Å². The summed E-state index contributed by atoms with van der Waals surface area (Å²) >= 11 is 0. The number of unbranched alkanes of at least 4 members (excludes halogenated alkanes) is 23. The Balaban J connectivity index is 4.36. The Bertz CT molecular complexity index is 1360. The first-order chi connectivity index (χ1) is 33.5. The van der Waals surface area contributed by atoms with Crippen LogP contribution in [0.1, 0.15) is 258 Å².